The van der Waals surface area contributed by atoms with Crippen LogP contribution in [0.5, 0.6) is 11.5 Å². The molecule has 128 valence electrons. The third-order valence-electron chi connectivity index (χ3n) is 4.46. The molecular formula is C17H26N2O4. The normalized spacial score (nSPS) is 19.0. The lowest BCUT2D eigenvalue weighted by Gasteiger charge is -2.20. The molecule has 1 saturated heterocycles. The van der Waals surface area contributed by atoms with E-state index in [9.17, 15) is 9.90 Å². The van der Waals surface area contributed by atoms with Gasteiger partial charge in [0, 0.05) is 36.7 Å². The van der Waals surface area contributed by atoms with Crippen molar-refractivity contribution >= 4 is 5.91 Å². The summed E-state index contributed by atoms with van der Waals surface area (Å²) >= 11 is 0. The number of methoxy groups -OCH3 is 2. The maximum absolute atomic E-state index is 12.6. The minimum Gasteiger partial charge on any atom is -0.497 e. The molecule has 0 unspecified atom stereocenters. The number of carbonyl (C=O) groups excluding carboxylic acids is 1. The van der Waals surface area contributed by atoms with Gasteiger partial charge >= 0.3 is 0 Å². The Bertz CT molecular complexity index is 531. The van der Waals surface area contributed by atoms with Crippen LogP contribution in [0.1, 0.15) is 18.4 Å². The van der Waals surface area contributed by atoms with Crippen molar-refractivity contribution in [2.45, 2.75) is 25.4 Å². The molecule has 1 aromatic rings. The van der Waals surface area contributed by atoms with Gasteiger partial charge in [-0.1, -0.05) is 0 Å². The van der Waals surface area contributed by atoms with Gasteiger partial charge in [-0.15, -0.1) is 0 Å². The van der Waals surface area contributed by atoms with E-state index < -0.39 is 0 Å². The number of likely N-dealkylation sites (N-methyl/N-ethyl adjacent to an activating group) is 1. The molecular weight excluding hydrogens is 296 g/mol. The van der Waals surface area contributed by atoms with Crippen molar-refractivity contribution in [1.82, 2.24) is 10.2 Å². The van der Waals surface area contributed by atoms with Gasteiger partial charge in [0.15, 0.2) is 0 Å². The fourth-order valence-corrected chi connectivity index (χ4v) is 2.99. The molecule has 0 aromatic heterocycles. The number of hydrogen-bond acceptors (Lipinski definition) is 5. The van der Waals surface area contributed by atoms with E-state index in [2.05, 4.69) is 5.32 Å². The zero-order valence-electron chi connectivity index (χ0n) is 14.0. The largest absolute Gasteiger partial charge is 0.497 e. The fourth-order valence-electron chi connectivity index (χ4n) is 2.99. The van der Waals surface area contributed by atoms with Gasteiger partial charge in [0.1, 0.15) is 11.5 Å². The van der Waals surface area contributed by atoms with Crippen LogP contribution in [-0.4, -0.2) is 56.4 Å². The van der Waals surface area contributed by atoms with Crippen molar-refractivity contribution in [3.05, 3.63) is 23.8 Å². The van der Waals surface area contributed by atoms with Crippen LogP contribution >= 0.6 is 0 Å². The smallest absolute Gasteiger partial charge is 0.226 e. The average Bonchev–Trinajstić information content (AvgIpc) is 2.93. The second-order valence-corrected chi connectivity index (χ2v) is 5.83. The number of benzene rings is 1. The lowest BCUT2D eigenvalue weighted by Crippen LogP contribution is -2.34. The Morgan fingerprint density at radius 3 is 2.78 bits per heavy atom. The zero-order valence-corrected chi connectivity index (χ0v) is 14.0. The molecule has 0 bridgehead atoms. The second kappa shape index (κ2) is 8.17. The first-order valence-corrected chi connectivity index (χ1v) is 7.90. The van der Waals surface area contributed by atoms with Crippen LogP contribution in [0.2, 0.25) is 0 Å². The highest BCUT2D eigenvalue weighted by molar-refractivity contribution is 5.81. The Kier molecular flexibility index (Phi) is 6.24. The monoisotopic (exact) mass is 322 g/mol. The molecule has 0 saturated carbocycles. The molecule has 2 N–H and O–H groups in total. The summed E-state index contributed by atoms with van der Waals surface area (Å²) in [5.74, 6) is 1.58. The quantitative estimate of drug-likeness (QED) is 0.748. The maximum Gasteiger partial charge on any atom is 0.226 e. The molecule has 0 spiro atoms. The molecule has 0 radical (unpaired) electrons. The van der Waals surface area contributed by atoms with Gasteiger partial charge in [0.25, 0.3) is 0 Å². The van der Waals surface area contributed by atoms with E-state index in [0.717, 1.165) is 30.0 Å². The molecule has 6 nitrogen and oxygen atoms in total. The lowest BCUT2D eigenvalue weighted by atomic mass is 9.99. The summed E-state index contributed by atoms with van der Waals surface area (Å²) in [6, 6.07) is 5.61. The summed E-state index contributed by atoms with van der Waals surface area (Å²) in [5, 5.41) is 12.3. The van der Waals surface area contributed by atoms with Gasteiger partial charge < -0.3 is 24.8 Å². The number of nitrogens with one attached hydrogen (secondary N) is 1. The number of aliphatic hydroxyl groups excluding tert-OH is 1. The van der Waals surface area contributed by atoms with Crippen molar-refractivity contribution in [2.75, 3.05) is 34.4 Å². The minimum atomic E-state index is -0.0283. The number of hydrogen-bond donors (Lipinski definition) is 2. The van der Waals surface area contributed by atoms with Crippen LogP contribution in [0.25, 0.3) is 0 Å². The standard InChI is InChI=1S/C17H26N2O4/c1-18-14(11-20)8-12-6-7-19(17(12)21)10-13-4-5-15(22-2)9-16(13)23-3/h4-5,9,12,14,18,20H,6-8,10-11H2,1-3H3/t12-,14-/m0/s1. The van der Waals surface area contributed by atoms with Crippen LogP contribution in [0, 0.1) is 5.92 Å². The highest BCUT2D eigenvalue weighted by atomic mass is 16.5. The van der Waals surface area contributed by atoms with Crippen LogP contribution in [0.4, 0.5) is 0 Å². The molecule has 0 aliphatic carbocycles. The van der Waals surface area contributed by atoms with E-state index in [4.69, 9.17) is 9.47 Å². The predicted molar refractivity (Wildman–Crippen MR) is 87.6 cm³/mol. The molecule has 23 heavy (non-hydrogen) atoms. The number of nitrogens with zero attached hydrogens (tertiary/aromatic N) is 1. The van der Waals surface area contributed by atoms with E-state index in [1.54, 1.807) is 21.3 Å². The Labute approximate surface area is 137 Å². The Hall–Kier alpha value is -1.79. The van der Waals surface area contributed by atoms with Gasteiger partial charge in [-0.3, -0.25) is 4.79 Å². The summed E-state index contributed by atoms with van der Waals surface area (Å²) in [5.41, 5.74) is 0.967. The Morgan fingerprint density at radius 2 is 2.17 bits per heavy atom. The highest BCUT2D eigenvalue weighted by Crippen LogP contribution is 2.29. The third kappa shape index (κ3) is 4.14. The number of ether oxygens (including phenoxy) is 2. The molecule has 6 heteroatoms. The van der Waals surface area contributed by atoms with Crippen molar-refractivity contribution < 1.29 is 19.4 Å². The number of aliphatic hydroxyl groups is 1. The first-order chi connectivity index (χ1) is 11.1. The van der Waals surface area contributed by atoms with Crippen molar-refractivity contribution in [2.24, 2.45) is 5.92 Å². The summed E-state index contributed by atoms with van der Waals surface area (Å²) in [6.07, 6.45) is 1.50. The summed E-state index contributed by atoms with van der Waals surface area (Å²) < 4.78 is 10.6. The SMILES string of the molecule is CN[C@H](CO)C[C@@H]1CCN(Cc2ccc(OC)cc2OC)C1=O. The van der Waals surface area contributed by atoms with Crippen molar-refractivity contribution in [1.29, 1.82) is 0 Å². The number of likely N-dealkylation sites (tertiary alicyclic amines) is 1. The molecule has 1 aliphatic rings. The van der Waals surface area contributed by atoms with E-state index in [0.29, 0.717) is 13.0 Å². The summed E-state index contributed by atoms with van der Waals surface area (Å²) in [6.45, 7) is 1.32. The van der Waals surface area contributed by atoms with Gasteiger partial charge in [0.2, 0.25) is 5.91 Å². The minimum absolute atomic E-state index is 0.0242. The van der Waals surface area contributed by atoms with Crippen LogP contribution in [0.15, 0.2) is 18.2 Å². The molecule has 1 fully saturated rings. The molecule has 1 aliphatic heterocycles. The van der Waals surface area contributed by atoms with Crippen molar-refractivity contribution in [3.8, 4) is 11.5 Å². The first kappa shape index (κ1) is 17.6. The van der Waals surface area contributed by atoms with E-state index in [1.807, 2.05) is 23.1 Å². The second-order valence-electron chi connectivity index (χ2n) is 5.83. The summed E-state index contributed by atoms with van der Waals surface area (Å²) in [4.78, 5) is 14.4. The van der Waals surface area contributed by atoms with Gasteiger partial charge in [-0.25, -0.2) is 0 Å². The number of rotatable bonds is 8. The molecule has 1 amide bonds. The Morgan fingerprint density at radius 1 is 1.39 bits per heavy atom. The Balaban J connectivity index is 2.03. The van der Waals surface area contributed by atoms with Gasteiger partial charge in [0.05, 0.1) is 20.8 Å². The average molecular weight is 322 g/mol. The van der Waals surface area contributed by atoms with E-state index >= 15 is 0 Å². The summed E-state index contributed by atoms with van der Waals surface area (Å²) in [7, 11) is 5.04. The first-order valence-electron chi connectivity index (χ1n) is 7.90. The van der Waals surface area contributed by atoms with Crippen LogP contribution in [-0.2, 0) is 11.3 Å². The topological polar surface area (TPSA) is 71.0 Å². The predicted octanol–water partition coefficient (Wildman–Crippen LogP) is 1.02. The van der Waals surface area contributed by atoms with Gasteiger partial charge in [-0.05, 0) is 32.0 Å². The zero-order chi connectivity index (χ0) is 16.8. The fraction of sp³-hybridized carbons (Fsp3) is 0.588. The van der Waals surface area contributed by atoms with E-state index in [1.165, 1.54) is 0 Å². The van der Waals surface area contributed by atoms with Crippen LogP contribution < -0.4 is 14.8 Å². The van der Waals surface area contributed by atoms with E-state index in [-0.39, 0.29) is 24.5 Å². The molecule has 2 atom stereocenters. The van der Waals surface area contributed by atoms with Crippen LogP contribution in [0.3, 0.4) is 0 Å². The number of amides is 1. The number of carbonyl (C=O) groups is 1. The molecule has 1 heterocycles. The maximum atomic E-state index is 12.6. The highest BCUT2D eigenvalue weighted by Gasteiger charge is 2.33. The molecule has 1 aromatic carbocycles. The molecule has 2 rings (SSSR count). The third-order valence-corrected chi connectivity index (χ3v) is 4.46. The lowest BCUT2D eigenvalue weighted by molar-refractivity contribution is -0.131. The van der Waals surface area contributed by atoms with Crippen molar-refractivity contribution in [3.63, 3.8) is 0 Å². The van der Waals surface area contributed by atoms with Gasteiger partial charge in [-0.2, -0.15) is 0 Å².